The summed E-state index contributed by atoms with van der Waals surface area (Å²) in [5.41, 5.74) is 2.89. The van der Waals surface area contributed by atoms with Crippen molar-refractivity contribution >= 4 is 17.7 Å². The topological polar surface area (TPSA) is 81.7 Å². The van der Waals surface area contributed by atoms with Gasteiger partial charge < -0.3 is 14.8 Å². The molecule has 6 nitrogen and oxygen atoms in total. The molecule has 0 atom stereocenters. The molecule has 0 fully saturated rings. The quantitative estimate of drug-likeness (QED) is 0.422. The van der Waals surface area contributed by atoms with Crippen LogP contribution < -0.4 is 10.1 Å². The third-order valence-corrected chi connectivity index (χ3v) is 4.50. The van der Waals surface area contributed by atoms with Crippen molar-refractivity contribution in [1.29, 1.82) is 0 Å². The van der Waals surface area contributed by atoms with E-state index < -0.39 is 18.5 Å². The summed E-state index contributed by atoms with van der Waals surface area (Å²) in [6.07, 6.45) is 0. The van der Waals surface area contributed by atoms with Crippen molar-refractivity contribution in [1.82, 2.24) is 5.32 Å². The van der Waals surface area contributed by atoms with E-state index in [1.807, 2.05) is 49.4 Å². The molecule has 3 aromatic carbocycles. The second-order valence-electron chi connectivity index (χ2n) is 6.67. The van der Waals surface area contributed by atoms with E-state index in [1.54, 1.807) is 36.4 Å². The van der Waals surface area contributed by atoms with Gasteiger partial charge in [0.1, 0.15) is 12.3 Å². The Hall–Kier alpha value is -3.93. The van der Waals surface area contributed by atoms with Gasteiger partial charge in [0, 0.05) is 11.1 Å². The van der Waals surface area contributed by atoms with Crippen molar-refractivity contribution in [2.75, 3.05) is 19.8 Å². The fourth-order valence-corrected chi connectivity index (χ4v) is 2.88. The highest BCUT2D eigenvalue weighted by Crippen LogP contribution is 2.19. The molecule has 0 heterocycles. The Morgan fingerprint density at radius 2 is 1.39 bits per heavy atom. The van der Waals surface area contributed by atoms with Crippen LogP contribution >= 0.6 is 0 Å². The van der Waals surface area contributed by atoms with E-state index in [2.05, 4.69) is 5.32 Å². The van der Waals surface area contributed by atoms with Gasteiger partial charge in [0.25, 0.3) is 5.91 Å². The lowest BCUT2D eigenvalue weighted by molar-refractivity contribution is -0.141. The van der Waals surface area contributed by atoms with Crippen molar-refractivity contribution < 1.29 is 23.9 Å². The van der Waals surface area contributed by atoms with Crippen molar-refractivity contribution in [3.8, 4) is 16.9 Å². The molecule has 0 aliphatic heterocycles. The predicted molar refractivity (Wildman–Crippen MR) is 117 cm³/mol. The molecule has 0 bridgehead atoms. The van der Waals surface area contributed by atoms with Gasteiger partial charge in [0.05, 0.1) is 6.61 Å². The Kier molecular flexibility index (Phi) is 7.54. The summed E-state index contributed by atoms with van der Waals surface area (Å²) in [7, 11) is 0. The first-order valence-electron chi connectivity index (χ1n) is 9.92. The first-order chi connectivity index (χ1) is 15.1. The van der Waals surface area contributed by atoms with Crippen LogP contribution in [0.5, 0.6) is 5.75 Å². The maximum atomic E-state index is 12.2. The Labute approximate surface area is 180 Å². The standard InChI is InChI=1S/C25H23NO5/c1-2-30-22-14-12-20(13-15-22)23(27)17-31-24(28)16-26-25(29)21-10-8-19(9-11-21)18-6-4-3-5-7-18/h3-15H,2,16-17H2,1H3,(H,26,29). The Bertz CT molecular complexity index is 1030. The highest BCUT2D eigenvalue weighted by molar-refractivity contribution is 5.99. The normalized spacial score (nSPS) is 10.2. The summed E-state index contributed by atoms with van der Waals surface area (Å²) in [5.74, 6) is -0.752. The monoisotopic (exact) mass is 417 g/mol. The number of hydrogen-bond acceptors (Lipinski definition) is 5. The molecule has 0 radical (unpaired) electrons. The van der Waals surface area contributed by atoms with E-state index in [1.165, 1.54) is 0 Å². The molecule has 1 amide bonds. The minimum atomic E-state index is -0.687. The van der Waals surface area contributed by atoms with Crippen LogP contribution in [0.1, 0.15) is 27.6 Å². The summed E-state index contributed by atoms with van der Waals surface area (Å²) < 4.78 is 10.3. The number of ketones is 1. The summed E-state index contributed by atoms with van der Waals surface area (Å²) in [5, 5.41) is 2.50. The van der Waals surface area contributed by atoms with Crippen LogP contribution in [0.4, 0.5) is 0 Å². The largest absolute Gasteiger partial charge is 0.494 e. The van der Waals surface area contributed by atoms with Crippen LogP contribution in [0.2, 0.25) is 0 Å². The zero-order valence-electron chi connectivity index (χ0n) is 17.2. The average molecular weight is 417 g/mol. The molecule has 3 rings (SSSR count). The lowest BCUT2D eigenvalue weighted by Crippen LogP contribution is -2.31. The average Bonchev–Trinajstić information content (AvgIpc) is 2.82. The van der Waals surface area contributed by atoms with Gasteiger partial charge in [-0.3, -0.25) is 14.4 Å². The summed E-state index contributed by atoms with van der Waals surface area (Å²) in [4.78, 5) is 36.2. The van der Waals surface area contributed by atoms with Crippen molar-refractivity contribution in [3.05, 3.63) is 90.0 Å². The van der Waals surface area contributed by atoms with E-state index in [4.69, 9.17) is 9.47 Å². The molecule has 0 unspecified atom stereocenters. The molecule has 0 saturated heterocycles. The molecule has 0 aromatic heterocycles. The van der Waals surface area contributed by atoms with Gasteiger partial charge in [-0.05, 0) is 54.4 Å². The van der Waals surface area contributed by atoms with Crippen LogP contribution in [0.3, 0.4) is 0 Å². The molecule has 0 spiro atoms. The van der Waals surface area contributed by atoms with Gasteiger partial charge in [-0.25, -0.2) is 0 Å². The van der Waals surface area contributed by atoms with E-state index >= 15 is 0 Å². The fourth-order valence-electron chi connectivity index (χ4n) is 2.88. The van der Waals surface area contributed by atoms with Gasteiger partial charge in [-0.2, -0.15) is 0 Å². The number of amides is 1. The first-order valence-corrected chi connectivity index (χ1v) is 9.92. The van der Waals surface area contributed by atoms with E-state index in [9.17, 15) is 14.4 Å². The molecule has 31 heavy (non-hydrogen) atoms. The molecule has 6 heteroatoms. The number of benzene rings is 3. The maximum absolute atomic E-state index is 12.2. The predicted octanol–water partition coefficient (Wildman–Crippen LogP) is 3.91. The molecular formula is C25H23NO5. The van der Waals surface area contributed by atoms with Crippen LogP contribution in [-0.2, 0) is 9.53 Å². The van der Waals surface area contributed by atoms with Gasteiger partial charge in [-0.1, -0.05) is 42.5 Å². The van der Waals surface area contributed by atoms with Crippen LogP contribution in [0.15, 0.2) is 78.9 Å². The second-order valence-corrected chi connectivity index (χ2v) is 6.67. The van der Waals surface area contributed by atoms with Crippen molar-refractivity contribution in [2.24, 2.45) is 0 Å². The van der Waals surface area contributed by atoms with E-state index in [-0.39, 0.29) is 12.3 Å². The second kappa shape index (κ2) is 10.7. The number of carbonyl (C=O) groups excluding carboxylic acids is 3. The third-order valence-electron chi connectivity index (χ3n) is 4.50. The highest BCUT2D eigenvalue weighted by Gasteiger charge is 2.12. The lowest BCUT2D eigenvalue weighted by Gasteiger charge is -2.08. The van der Waals surface area contributed by atoms with Gasteiger partial charge >= 0.3 is 5.97 Å². The summed E-state index contributed by atoms with van der Waals surface area (Å²) >= 11 is 0. The van der Waals surface area contributed by atoms with Gasteiger partial charge in [0.2, 0.25) is 0 Å². The zero-order valence-corrected chi connectivity index (χ0v) is 17.2. The van der Waals surface area contributed by atoms with Crippen LogP contribution in [0, 0.1) is 0 Å². The number of rotatable bonds is 9. The van der Waals surface area contributed by atoms with Crippen molar-refractivity contribution in [2.45, 2.75) is 6.92 Å². The molecule has 0 aliphatic carbocycles. The molecular weight excluding hydrogens is 394 g/mol. The number of Topliss-reactive ketones (excluding diaryl/α,β-unsaturated/α-hetero) is 1. The maximum Gasteiger partial charge on any atom is 0.325 e. The summed E-state index contributed by atoms with van der Waals surface area (Å²) in [6, 6.07) is 23.5. The Morgan fingerprint density at radius 3 is 2.03 bits per heavy atom. The molecule has 1 N–H and O–H groups in total. The smallest absolute Gasteiger partial charge is 0.325 e. The minimum absolute atomic E-state index is 0.324. The Morgan fingerprint density at radius 1 is 0.774 bits per heavy atom. The number of carbonyl (C=O) groups is 3. The number of hydrogen-bond donors (Lipinski definition) is 1. The first kappa shape index (κ1) is 21.8. The summed E-state index contributed by atoms with van der Waals surface area (Å²) in [6.45, 7) is 1.69. The SMILES string of the molecule is CCOc1ccc(C(=O)COC(=O)CNC(=O)c2ccc(-c3ccccc3)cc2)cc1. The molecule has 0 saturated carbocycles. The molecule has 0 aliphatic rings. The van der Waals surface area contributed by atoms with E-state index in [0.717, 1.165) is 11.1 Å². The molecule has 3 aromatic rings. The van der Waals surface area contributed by atoms with Gasteiger partial charge in [0.15, 0.2) is 12.4 Å². The number of nitrogens with one attached hydrogen (secondary N) is 1. The Balaban J connectivity index is 1.44. The van der Waals surface area contributed by atoms with E-state index in [0.29, 0.717) is 23.5 Å². The number of ether oxygens (including phenoxy) is 2. The van der Waals surface area contributed by atoms with Crippen molar-refractivity contribution in [3.63, 3.8) is 0 Å². The zero-order chi connectivity index (χ0) is 22.1. The third kappa shape index (κ3) is 6.27. The van der Waals surface area contributed by atoms with Gasteiger partial charge in [-0.15, -0.1) is 0 Å². The highest BCUT2D eigenvalue weighted by atomic mass is 16.5. The fraction of sp³-hybridized carbons (Fsp3) is 0.160. The van der Waals surface area contributed by atoms with Crippen LogP contribution in [-0.4, -0.2) is 37.4 Å². The molecule has 158 valence electrons. The minimum Gasteiger partial charge on any atom is -0.494 e. The van der Waals surface area contributed by atoms with Crippen LogP contribution in [0.25, 0.3) is 11.1 Å². The lowest BCUT2D eigenvalue weighted by atomic mass is 10.0. The number of esters is 1.